The Hall–Kier alpha value is -1.39. The Morgan fingerprint density at radius 3 is 2.76 bits per heavy atom. The van der Waals surface area contributed by atoms with Gasteiger partial charge in [0.1, 0.15) is 0 Å². The number of hydrogen-bond acceptors (Lipinski definition) is 3. The summed E-state index contributed by atoms with van der Waals surface area (Å²) >= 11 is 7.79. The first-order valence-corrected chi connectivity index (χ1v) is 8.34. The first kappa shape index (κ1) is 16.0. The molecule has 0 atom stereocenters. The summed E-state index contributed by atoms with van der Waals surface area (Å²) in [7, 11) is 0. The monoisotopic (exact) mass is 323 g/mol. The third-order valence-corrected chi connectivity index (χ3v) is 4.89. The quantitative estimate of drug-likeness (QED) is 0.351. The van der Waals surface area contributed by atoms with Crippen molar-refractivity contribution in [3.05, 3.63) is 50.3 Å². The van der Waals surface area contributed by atoms with Gasteiger partial charge in [-0.3, -0.25) is 10.1 Å². The Kier molecular flexibility index (Phi) is 5.76. The highest BCUT2D eigenvalue weighted by atomic mass is 35.5. The van der Waals surface area contributed by atoms with Crippen molar-refractivity contribution in [2.24, 2.45) is 0 Å². The number of thiophene rings is 1. The summed E-state index contributed by atoms with van der Waals surface area (Å²) in [5, 5.41) is 10.8. The molecule has 2 rings (SSSR count). The van der Waals surface area contributed by atoms with Crippen LogP contribution in [0.3, 0.4) is 0 Å². The number of nitrogens with zero attached hydrogens (tertiary/aromatic N) is 1. The minimum absolute atomic E-state index is 0.113. The maximum absolute atomic E-state index is 10.8. The fraction of sp³-hybridized carbons (Fsp3) is 0.375. The first-order chi connectivity index (χ1) is 10.1. The zero-order valence-electron chi connectivity index (χ0n) is 12.0. The average Bonchev–Trinajstić information content (AvgIpc) is 2.85. The summed E-state index contributed by atoms with van der Waals surface area (Å²) in [6.07, 6.45) is 5.80. The molecule has 0 fully saturated rings. The molecule has 21 heavy (non-hydrogen) atoms. The summed E-state index contributed by atoms with van der Waals surface area (Å²) in [6.45, 7) is 2.19. The number of halogens is 1. The van der Waals surface area contributed by atoms with E-state index in [2.05, 4.69) is 13.0 Å². The molecule has 0 spiro atoms. The van der Waals surface area contributed by atoms with Gasteiger partial charge in [-0.05, 0) is 30.0 Å². The molecule has 0 saturated carbocycles. The normalized spacial score (nSPS) is 10.8. The van der Waals surface area contributed by atoms with Crippen molar-refractivity contribution >= 4 is 28.6 Å². The average molecular weight is 324 g/mol. The van der Waals surface area contributed by atoms with Crippen molar-refractivity contribution in [1.82, 2.24) is 0 Å². The predicted octanol–water partition coefficient (Wildman–Crippen LogP) is 6.10. The van der Waals surface area contributed by atoms with E-state index in [1.807, 2.05) is 6.07 Å². The van der Waals surface area contributed by atoms with Crippen molar-refractivity contribution in [3.8, 4) is 10.4 Å². The molecule has 5 heteroatoms. The number of nitro benzene ring substituents is 1. The lowest BCUT2D eigenvalue weighted by Gasteiger charge is -1.98. The molecule has 0 bridgehead atoms. The molecule has 112 valence electrons. The van der Waals surface area contributed by atoms with E-state index in [0.717, 1.165) is 33.2 Å². The summed E-state index contributed by atoms with van der Waals surface area (Å²) < 4.78 is 0.799. The van der Waals surface area contributed by atoms with Crippen LogP contribution in [0.5, 0.6) is 0 Å². The third kappa shape index (κ3) is 4.29. The number of unbranched alkanes of at least 4 members (excludes halogenated alkanes) is 3. The molecule has 0 aliphatic carbocycles. The smallest absolute Gasteiger partial charge is 0.258 e. The Morgan fingerprint density at radius 2 is 2.05 bits per heavy atom. The summed E-state index contributed by atoms with van der Waals surface area (Å²) in [6, 6.07) is 8.77. The van der Waals surface area contributed by atoms with Gasteiger partial charge in [0, 0.05) is 17.0 Å². The van der Waals surface area contributed by atoms with Gasteiger partial charge >= 0.3 is 0 Å². The SMILES string of the molecule is CCCCCCc1cc(-c2cccc([N+](=O)[O-])c2)sc1Cl. The lowest BCUT2D eigenvalue weighted by Crippen LogP contribution is -1.87. The molecule has 0 aliphatic heterocycles. The van der Waals surface area contributed by atoms with Crippen LogP contribution < -0.4 is 0 Å². The van der Waals surface area contributed by atoms with E-state index in [-0.39, 0.29) is 10.6 Å². The largest absolute Gasteiger partial charge is 0.270 e. The van der Waals surface area contributed by atoms with E-state index in [4.69, 9.17) is 11.6 Å². The maximum atomic E-state index is 10.8. The molecule has 1 aromatic carbocycles. The van der Waals surface area contributed by atoms with Crippen molar-refractivity contribution in [3.63, 3.8) is 0 Å². The van der Waals surface area contributed by atoms with Crippen LogP contribution in [-0.4, -0.2) is 4.92 Å². The maximum Gasteiger partial charge on any atom is 0.270 e. The first-order valence-electron chi connectivity index (χ1n) is 7.15. The molecule has 0 N–H and O–H groups in total. The molecule has 0 saturated heterocycles. The van der Waals surface area contributed by atoms with Gasteiger partial charge in [0.05, 0.1) is 9.26 Å². The zero-order chi connectivity index (χ0) is 15.2. The molecule has 0 radical (unpaired) electrons. The molecule has 0 amide bonds. The van der Waals surface area contributed by atoms with Crippen LogP contribution in [0.2, 0.25) is 4.34 Å². The minimum Gasteiger partial charge on any atom is -0.258 e. The second-order valence-electron chi connectivity index (χ2n) is 5.03. The highest BCUT2D eigenvalue weighted by Crippen LogP contribution is 2.36. The predicted molar refractivity (Wildman–Crippen MR) is 89.3 cm³/mol. The Morgan fingerprint density at radius 1 is 1.24 bits per heavy atom. The van der Waals surface area contributed by atoms with Gasteiger partial charge < -0.3 is 0 Å². The topological polar surface area (TPSA) is 43.1 Å². The van der Waals surface area contributed by atoms with E-state index >= 15 is 0 Å². The van der Waals surface area contributed by atoms with Gasteiger partial charge in [-0.15, -0.1) is 11.3 Å². The molecular weight excluding hydrogens is 306 g/mol. The molecule has 0 unspecified atom stereocenters. The van der Waals surface area contributed by atoms with Gasteiger partial charge in [0.25, 0.3) is 5.69 Å². The molecule has 0 aliphatic rings. The lowest BCUT2D eigenvalue weighted by atomic mass is 10.1. The standard InChI is InChI=1S/C16H18ClNO2S/c1-2-3-4-5-7-13-11-15(21-16(13)17)12-8-6-9-14(10-12)18(19)20/h6,8-11H,2-5,7H2,1H3. The zero-order valence-corrected chi connectivity index (χ0v) is 13.5. The van der Waals surface area contributed by atoms with E-state index in [9.17, 15) is 10.1 Å². The number of non-ortho nitro benzene ring substituents is 1. The van der Waals surface area contributed by atoms with Crippen LogP contribution in [0.1, 0.15) is 38.2 Å². The van der Waals surface area contributed by atoms with E-state index in [1.54, 1.807) is 12.1 Å². The molecule has 1 aromatic heterocycles. The fourth-order valence-corrected chi connectivity index (χ4v) is 3.56. The van der Waals surface area contributed by atoms with E-state index in [0.29, 0.717) is 0 Å². The summed E-state index contributed by atoms with van der Waals surface area (Å²) in [5.41, 5.74) is 2.12. The fourth-order valence-electron chi connectivity index (χ4n) is 2.23. The van der Waals surface area contributed by atoms with Crippen LogP contribution in [-0.2, 0) is 6.42 Å². The van der Waals surface area contributed by atoms with Crippen LogP contribution in [0, 0.1) is 10.1 Å². The van der Waals surface area contributed by atoms with E-state index < -0.39 is 0 Å². The number of aryl methyl sites for hydroxylation is 1. The van der Waals surface area contributed by atoms with Crippen molar-refractivity contribution < 1.29 is 4.92 Å². The Labute approximate surface area is 133 Å². The molecule has 2 aromatic rings. The molecule has 1 heterocycles. The molecular formula is C16H18ClNO2S. The third-order valence-electron chi connectivity index (χ3n) is 3.40. The Bertz CT molecular complexity index is 624. The van der Waals surface area contributed by atoms with Crippen LogP contribution in [0.15, 0.2) is 30.3 Å². The van der Waals surface area contributed by atoms with Gasteiger partial charge in [0.2, 0.25) is 0 Å². The number of nitro groups is 1. The van der Waals surface area contributed by atoms with Gasteiger partial charge in [0.15, 0.2) is 0 Å². The van der Waals surface area contributed by atoms with Crippen molar-refractivity contribution in [2.45, 2.75) is 39.0 Å². The van der Waals surface area contributed by atoms with Gasteiger partial charge in [-0.2, -0.15) is 0 Å². The number of hydrogen-bond donors (Lipinski definition) is 0. The van der Waals surface area contributed by atoms with Crippen molar-refractivity contribution in [2.75, 3.05) is 0 Å². The van der Waals surface area contributed by atoms with Gasteiger partial charge in [-0.1, -0.05) is 49.9 Å². The van der Waals surface area contributed by atoms with Gasteiger partial charge in [-0.25, -0.2) is 0 Å². The van der Waals surface area contributed by atoms with Crippen molar-refractivity contribution in [1.29, 1.82) is 0 Å². The Balaban J connectivity index is 2.14. The van der Waals surface area contributed by atoms with E-state index in [1.165, 1.54) is 36.7 Å². The minimum atomic E-state index is -0.371. The number of rotatable bonds is 7. The highest BCUT2D eigenvalue weighted by Gasteiger charge is 2.12. The number of benzene rings is 1. The highest BCUT2D eigenvalue weighted by molar-refractivity contribution is 7.19. The summed E-state index contributed by atoms with van der Waals surface area (Å²) in [5.74, 6) is 0. The second-order valence-corrected chi connectivity index (χ2v) is 6.68. The lowest BCUT2D eigenvalue weighted by molar-refractivity contribution is -0.384. The van der Waals surface area contributed by atoms with Crippen LogP contribution in [0.25, 0.3) is 10.4 Å². The van der Waals surface area contributed by atoms with Crippen LogP contribution >= 0.6 is 22.9 Å². The van der Waals surface area contributed by atoms with Crippen LogP contribution in [0.4, 0.5) is 5.69 Å². The summed E-state index contributed by atoms with van der Waals surface area (Å²) in [4.78, 5) is 11.5. The molecule has 3 nitrogen and oxygen atoms in total. The second kappa shape index (κ2) is 7.57.